The molecule has 0 spiro atoms. The monoisotopic (exact) mass is 1200 g/mol. The first-order valence-corrected chi connectivity index (χ1v) is 23.4. The van der Waals surface area contributed by atoms with Crippen molar-refractivity contribution in [2.45, 2.75) is 62.9 Å². The van der Waals surface area contributed by atoms with E-state index in [1.54, 1.807) is 0 Å². The minimum absolute atomic E-state index is 0.110. The zero-order valence-electron chi connectivity index (χ0n) is 41.3. The summed E-state index contributed by atoms with van der Waals surface area (Å²) in [7, 11) is 0. The Kier molecular flexibility index (Phi) is 16.6. The van der Waals surface area contributed by atoms with E-state index in [0.29, 0.717) is 6.54 Å². The lowest BCUT2D eigenvalue weighted by Crippen LogP contribution is -2.75. The number of benzene rings is 7. The lowest BCUT2D eigenvalue weighted by Gasteiger charge is -2.46. The average Bonchev–Trinajstić information content (AvgIpc) is 1.16. The number of rotatable bonds is 8. The van der Waals surface area contributed by atoms with Crippen molar-refractivity contribution >= 4 is 44.6 Å². The molecule has 83 heavy (non-hydrogen) atoms. The number of aryl methyl sites for hydroxylation is 1. The minimum Gasteiger partial charge on any atom is -0.287 e. The number of alkyl halides is 24. The van der Waals surface area contributed by atoms with Gasteiger partial charge in [-0.05, 0) is 54.8 Å². The highest BCUT2D eigenvalue weighted by Gasteiger charge is 2.47. The summed E-state index contributed by atoms with van der Waals surface area (Å²) < 4.78 is 343. The van der Waals surface area contributed by atoms with Gasteiger partial charge in [-0.15, -0.1) is 0 Å². The van der Waals surface area contributed by atoms with E-state index < -0.39 is 195 Å². The molecule has 0 bridgehead atoms. The van der Waals surface area contributed by atoms with Gasteiger partial charge >= 0.3 is 49.4 Å². The average molecular weight is 1200 g/mol. The predicted molar refractivity (Wildman–Crippen MR) is 255 cm³/mol. The molecule has 8 aromatic rings. The predicted octanol–water partition coefficient (Wildman–Crippen LogP) is 16.2. The van der Waals surface area contributed by atoms with Crippen molar-refractivity contribution in [2.75, 3.05) is 0 Å². The Balaban J connectivity index is 0.000000313. The van der Waals surface area contributed by atoms with Crippen molar-refractivity contribution in [2.24, 2.45) is 0 Å². The molecule has 0 atom stereocenters. The molecule has 0 unspecified atom stereocenters. The zero-order valence-corrected chi connectivity index (χ0v) is 41.3. The summed E-state index contributed by atoms with van der Waals surface area (Å²) in [5.74, 6) is 0.110. The van der Waals surface area contributed by atoms with Crippen LogP contribution in [0.25, 0.3) is 22.0 Å². The molecule has 0 fully saturated rings. The number of carbonyl (C=O) groups is 1. The molecule has 2 nitrogen and oxygen atoms in total. The molecular formula is C56H32BF24NO. The van der Waals surface area contributed by atoms with Crippen molar-refractivity contribution in [1.29, 1.82) is 0 Å². The van der Waals surface area contributed by atoms with Gasteiger partial charge < -0.3 is 0 Å². The number of hydrogen-bond donors (Lipinski definition) is 0. The van der Waals surface area contributed by atoms with Gasteiger partial charge in [0.1, 0.15) is 6.15 Å². The Labute approximate surface area is 452 Å². The fourth-order valence-electron chi connectivity index (χ4n) is 9.36. The Morgan fingerprint density at radius 1 is 0.361 bits per heavy atom. The number of halogens is 24. The fourth-order valence-corrected chi connectivity index (χ4v) is 9.36. The highest BCUT2D eigenvalue weighted by atomic mass is 19.4. The van der Waals surface area contributed by atoms with Crippen LogP contribution in [0.3, 0.4) is 0 Å². The summed E-state index contributed by atoms with van der Waals surface area (Å²) in [6, 6.07) is 19.5. The van der Waals surface area contributed by atoms with Crippen LogP contribution in [-0.4, -0.2) is 11.9 Å². The number of Topliss-reactive ketones (excluding diaryl/α,β-unsaturated/α-hetero) is 1. The summed E-state index contributed by atoms with van der Waals surface area (Å²) in [6.45, 7) is 2.40. The summed E-state index contributed by atoms with van der Waals surface area (Å²) in [4.78, 5) is 12.8. The lowest BCUT2D eigenvalue weighted by molar-refractivity contribution is -0.671. The van der Waals surface area contributed by atoms with Crippen LogP contribution in [0.15, 0.2) is 164 Å². The van der Waals surface area contributed by atoms with E-state index in [1.807, 2.05) is 48.7 Å². The first-order chi connectivity index (χ1) is 38.0. The molecule has 0 aliphatic heterocycles. The third-order valence-corrected chi connectivity index (χ3v) is 13.1. The summed E-state index contributed by atoms with van der Waals surface area (Å²) in [6.07, 6.45) is -52.8. The van der Waals surface area contributed by atoms with Crippen LogP contribution in [0.2, 0.25) is 0 Å². The largest absolute Gasteiger partial charge is 0.416 e. The number of fused-ring (bicyclic) bond motifs is 1. The van der Waals surface area contributed by atoms with Crippen molar-refractivity contribution < 1.29 is 115 Å². The van der Waals surface area contributed by atoms with E-state index in [4.69, 9.17) is 0 Å². The lowest BCUT2D eigenvalue weighted by atomic mass is 9.12. The van der Waals surface area contributed by atoms with Crippen molar-refractivity contribution in [3.8, 4) is 11.3 Å². The maximum Gasteiger partial charge on any atom is 0.416 e. The van der Waals surface area contributed by atoms with Crippen LogP contribution >= 0.6 is 0 Å². The van der Waals surface area contributed by atoms with E-state index in [9.17, 15) is 110 Å². The van der Waals surface area contributed by atoms with Gasteiger partial charge in [0.05, 0.1) is 49.9 Å². The van der Waals surface area contributed by atoms with E-state index in [1.165, 1.54) is 10.9 Å². The Bertz CT molecular complexity index is 3240. The van der Waals surface area contributed by atoms with Gasteiger partial charge in [0.15, 0.2) is 6.20 Å². The first kappa shape index (κ1) is 62.6. The molecule has 0 amide bonds. The molecule has 0 aliphatic rings. The second kappa shape index (κ2) is 22.0. The second-order valence-electron chi connectivity index (χ2n) is 18.8. The number of aromatic nitrogens is 1. The van der Waals surface area contributed by atoms with E-state index in [0.717, 1.165) is 22.2 Å². The van der Waals surface area contributed by atoms with Gasteiger partial charge in [0.2, 0.25) is 18.0 Å². The molecule has 1 heterocycles. The summed E-state index contributed by atoms with van der Waals surface area (Å²) in [5.41, 5.74) is -26.0. The minimum atomic E-state index is -6.13. The topological polar surface area (TPSA) is 20.9 Å². The summed E-state index contributed by atoms with van der Waals surface area (Å²) >= 11 is 0. The number of carbonyl (C=O) groups excluding carboxylic acids is 1. The highest BCUT2D eigenvalue weighted by Crippen LogP contribution is 2.42. The standard InChI is InChI=1S/C32H12BF24.C24H20NO/c34-25(35,36)13-1-14(26(37,38)39)6-21(5-13)33(22-7-15(27(40,41)42)2-16(8-22)28(43,44)45,23-9-17(29(46,47)48)3-18(10-23)30(49,50)51)24-11-19(31(52,53)54)4-20(12-24)32(55,56)57;1-18-11-13-21(14-12-18)24-22-10-6-5-7-19(22)15-16-25(24)17-23(26)20-8-3-2-4-9-20/h1-12H;2-16H,17H2,1H3/q-1;+1. The number of ketones is 1. The molecule has 7 aromatic carbocycles. The van der Waals surface area contributed by atoms with Gasteiger partial charge in [0.25, 0.3) is 0 Å². The van der Waals surface area contributed by atoms with Gasteiger partial charge in [-0.3, -0.25) is 4.79 Å². The fraction of sp³-hybridized carbons (Fsp3) is 0.179. The third kappa shape index (κ3) is 13.9. The normalized spacial score (nSPS) is 13.2. The van der Waals surface area contributed by atoms with Gasteiger partial charge in [-0.25, -0.2) is 0 Å². The van der Waals surface area contributed by atoms with E-state index in [2.05, 4.69) is 54.0 Å². The Hall–Kier alpha value is -8.00. The molecule has 27 heteroatoms. The Morgan fingerprint density at radius 2 is 0.651 bits per heavy atom. The molecule has 438 valence electrons. The van der Waals surface area contributed by atoms with Crippen LogP contribution in [-0.2, 0) is 56.0 Å². The molecule has 0 aliphatic carbocycles. The maximum absolute atomic E-state index is 14.2. The number of pyridine rings is 1. The Morgan fingerprint density at radius 3 is 0.952 bits per heavy atom. The summed E-state index contributed by atoms with van der Waals surface area (Å²) in [5, 5.41) is 2.33. The van der Waals surface area contributed by atoms with E-state index >= 15 is 0 Å². The van der Waals surface area contributed by atoms with Crippen LogP contribution < -0.4 is 26.4 Å². The van der Waals surface area contributed by atoms with Crippen LogP contribution in [0.1, 0.15) is 60.4 Å². The molecule has 0 radical (unpaired) electrons. The van der Waals surface area contributed by atoms with Crippen molar-refractivity contribution in [3.63, 3.8) is 0 Å². The quantitative estimate of drug-likeness (QED) is 0.0643. The van der Waals surface area contributed by atoms with E-state index in [-0.39, 0.29) is 5.78 Å². The molecule has 0 saturated carbocycles. The number of hydrogen-bond acceptors (Lipinski definition) is 1. The molecule has 0 saturated heterocycles. The smallest absolute Gasteiger partial charge is 0.287 e. The molecular weight excluding hydrogens is 1170 g/mol. The second-order valence-corrected chi connectivity index (χ2v) is 18.8. The molecule has 0 N–H and O–H groups in total. The van der Waals surface area contributed by atoms with Gasteiger partial charge in [0, 0.05) is 17.2 Å². The zero-order chi connectivity index (χ0) is 61.8. The SMILES string of the molecule is Cc1ccc(-c2c3ccccc3cc[n+]2CC(=O)c2ccccc2)cc1.FC(F)(F)c1cc([B-](c2cc(C(F)(F)F)cc(C(F)(F)F)c2)(c2cc(C(F)(F)F)cc(C(F)(F)F)c2)c2cc(C(F)(F)F)cc(C(F)(F)F)c2)cc(C(F)(F)F)c1. The highest BCUT2D eigenvalue weighted by molar-refractivity contribution is 7.20. The van der Waals surface area contributed by atoms with Crippen molar-refractivity contribution in [1.82, 2.24) is 0 Å². The van der Waals surface area contributed by atoms with Crippen LogP contribution in [0.4, 0.5) is 105 Å². The maximum atomic E-state index is 14.2. The number of nitrogens with zero attached hydrogens (tertiary/aromatic N) is 1. The third-order valence-electron chi connectivity index (χ3n) is 13.1. The van der Waals surface area contributed by atoms with Crippen LogP contribution in [0, 0.1) is 6.92 Å². The first-order valence-electron chi connectivity index (χ1n) is 23.4. The van der Waals surface area contributed by atoms with Gasteiger partial charge in [-0.2, -0.15) is 132 Å². The molecule has 1 aromatic heterocycles. The van der Waals surface area contributed by atoms with Crippen molar-refractivity contribution in [3.05, 3.63) is 220 Å². The van der Waals surface area contributed by atoms with Crippen LogP contribution in [0.5, 0.6) is 0 Å². The molecule has 8 rings (SSSR count). The van der Waals surface area contributed by atoms with Gasteiger partial charge in [-0.1, -0.05) is 115 Å².